The minimum Gasteiger partial charge on any atom is -0.322 e. The number of amides is 1. The predicted octanol–water partition coefficient (Wildman–Crippen LogP) is 4.99. The number of nitrogens with zero attached hydrogens (tertiary/aromatic N) is 1. The number of aromatic nitrogens is 1. The molecule has 0 saturated carbocycles. The van der Waals surface area contributed by atoms with Gasteiger partial charge < -0.3 is 9.88 Å². The van der Waals surface area contributed by atoms with Gasteiger partial charge in [0, 0.05) is 22.3 Å². The molecule has 4 heteroatoms. The molecule has 4 nitrogen and oxygen atoms in total. The molecule has 0 atom stereocenters. The van der Waals surface area contributed by atoms with Crippen molar-refractivity contribution < 1.29 is 4.79 Å². The third-order valence-electron chi connectivity index (χ3n) is 5.19. The highest BCUT2D eigenvalue weighted by Gasteiger charge is 2.22. The van der Waals surface area contributed by atoms with Crippen LogP contribution in [0.1, 0.15) is 27.0 Å². The number of H-pyrrole nitrogens is 1. The van der Waals surface area contributed by atoms with E-state index in [1.807, 2.05) is 92.7 Å². The largest absolute Gasteiger partial charge is 0.322 e. The fourth-order valence-electron chi connectivity index (χ4n) is 3.57. The number of aromatic amines is 1. The summed E-state index contributed by atoms with van der Waals surface area (Å²) in [6, 6.07) is 24.8. The zero-order chi connectivity index (χ0) is 20.4. The molecule has 1 N–H and O–H groups in total. The second kappa shape index (κ2) is 7.76. The zero-order valence-corrected chi connectivity index (χ0v) is 16.5. The van der Waals surface area contributed by atoms with Crippen molar-refractivity contribution in [3.8, 4) is 0 Å². The lowest BCUT2D eigenvalue weighted by Gasteiger charge is -2.25. The number of pyridine rings is 1. The van der Waals surface area contributed by atoms with Gasteiger partial charge in [-0.2, -0.15) is 0 Å². The second-order valence-electron chi connectivity index (χ2n) is 7.20. The number of carbonyl (C=O) groups is 1. The van der Waals surface area contributed by atoms with Gasteiger partial charge in [-0.25, -0.2) is 0 Å². The fourth-order valence-corrected chi connectivity index (χ4v) is 3.57. The Morgan fingerprint density at radius 2 is 1.52 bits per heavy atom. The molecule has 4 rings (SSSR count). The van der Waals surface area contributed by atoms with Crippen LogP contribution in [-0.4, -0.2) is 10.9 Å². The van der Waals surface area contributed by atoms with Crippen molar-refractivity contribution in [1.29, 1.82) is 0 Å². The number of fused-ring (bicyclic) bond motifs is 1. The molecule has 144 valence electrons. The first-order valence-corrected chi connectivity index (χ1v) is 9.58. The Balaban J connectivity index is 1.82. The van der Waals surface area contributed by atoms with Gasteiger partial charge >= 0.3 is 0 Å². The summed E-state index contributed by atoms with van der Waals surface area (Å²) in [7, 11) is 0. The van der Waals surface area contributed by atoms with Crippen molar-refractivity contribution in [2.75, 3.05) is 4.90 Å². The van der Waals surface area contributed by atoms with Crippen molar-refractivity contribution in [3.05, 3.63) is 111 Å². The first kappa shape index (κ1) is 18.7. The van der Waals surface area contributed by atoms with Crippen LogP contribution in [0.15, 0.2) is 83.7 Å². The van der Waals surface area contributed by atoms with Gasteiger partial charge in [-0.05, 0) is 54.6 Å². The highest BCUT2D eigenvalue weighted by Crippen LogP contribution is 2.25. The lowest BCUT2D eigenvalue weighted by atomic mass is 10.1. The van der Waals surface area contributed by atoms with E-state index in [9.17, 15) is 9.59 Å². The smallest absolute Gasteiger partial charge is 0.258 e. The molecule has 0 unspecified atom stereocenters. The van der Waals surface area contributed by atoms with E-state index in [-0.39, 0.29) is 18.0 Å². The molecule has 29 heavy (non-hydrogen) atoms. The Labute approximate surface area is 169 Å². The number of aryl methyl sites for hydroxylation is 2. The average Bonchev–Trinajstić information content (AvgIpc) is 2.73. The van der Waals surface area contributed by atoms with Crippen molar-refractivity contribution in [3.63, 3.8) is 0 Å². The normalized spacial score (nSPS) is 10.8. The van der Waals surface area contributed by atoms with Crippen LogP contribution >= 0.6 is 0 Å². The number of hydrogen-bond acceptors (Lipinski definition) is 2. The standard InChI is InChI=1S/C25H22N2O2/c1-17-9-3-6-12-21(17)25(29)27(23-14-8-4-10-18(23)2)16-20-15-19-11-5-7-13-22(19)26-24(20)28/h3-15H,16H2,1-2H3,(H,26,28). The van der Waals surface area contributed by atoms with E-state index < -0.39 is 0 Å². The molecular weight excluding hydrogens is 360 g/mol. The van der Waals surface area contributed by atoms with Gasteiger partial charge in [0.2, 0.25) is 0 Å². The summed E-state index contributed by atoms with van der Waals surface area (Å²) >= 11 is 0. The molecule has 0 saturated heterocycles. The maximum atomic E-state index is 13.5. The number of carbonyl (C=O) groups excluding carboxylic acids is 1. The Morgan fingerprint density at radius 3 is 2.28 bits per heavy atom. The average molecular weight is 382 g/mol. The highest BCUT2D eigenvalue weighted by molar-refractivity contribution is 6.07. The minimum absolute atomic E-state index is 0.120. The van der Waals surface area contributed by atoms with E-state index in [0.29, 0.717) is 11.1 Å². The summed E-state index contributed by atoms with van der Waals surface area (Å²) in [5.41, 5.74) is 4.47. The van der Waals surface area contributed by atoms with Crippen LogP contribution in [0.3, 0.4) is 0 Å². The topological polar surface area (TPSA) is 53.2 Å². The Bertz CT molecular complexity index is 1260. The maximum absolute atomic E-state index is 13.5. The van der Waals surface area contributed by atoms with Crippen molar-refractivity contribution >= 4 is 22.5 Å². The number of hydrogen-bond donors (Lipinski definition) is 1. The predicted molar refractivity (Wildman–Crippen MR) is 117 cm³/mol. The second-order valence-corrected chi connectivity index (χ2v) is 7.20. The van der Waals surface area contributed by atoms with Gasteiger partial charge in [0.15, 0.2) is 0 Å². The van der Waals surface area contributed by atoms with Crippen LogP contribution in [0.4, 0.5) is 5.69 Å². The molecule has 0 fully saturated rings. The molecule has 1 aromatic heterocycles. The number of nitrogens with one attached hydrogen (secondary N) is 1. The van der Waals surface area contributed by atoms with Gasteiger partial charge in [-0.3, -0.25) is 9.59 Å². The van der Waals surface area contributed by atoms with Crippen LogP contribution in [0.5, 0.6) is 0 Å². The third kappa shape index (κ3) is 3.69. The number of para-hydroxylation sites is 2. The zero-order valence-electron chi connectivity index (χ0n) is 16.5. The van der Waals surface area contributed by atoms with E-state index in [4.69, 9.17) is 0 Å². The molecule has 0 aliphatic carbocycles. The van der Waals surface area contributed by atoms with Gasteiger partial charge in [-0.15, -0.1) is 0 Å². The summed E-state index contributed by atoms with van der Waals surface area (Å²) in [5, 5.41) is 0.940. The molecule has 1 amide bonds. The molecule has 0 spiro atoms. The Kier molecular flexibility index (Phi) is 5.00. The fraction of sp³-hybridized carbons (Fsp3) is 0.120. The van der Waals surface area contributed by atoms with Crippen LogP contribution in [-0.2, 0) is 6.54 Å². The quantitative estimate of drug-likeness (QED) is 0.540. The molecule has 0 bridgehead atoms. The van der Waals surface area contributed by atoms with E-state index in [1.54, 1.807) is 4.90 Å². The number of rotatable bonds is 4. The van der Waals surface area contributed by atoms with Gasteiger partial charge in [0.1, 0.15) is 0 Å². The first-order valence-electron chi connectivity index (χ1n) is 9.58. The number of benzene rings is 3. The highest BCUT2D eigenvalue weighted by atomic mass is 16.2. The maximum Gasteiger partial charge on any atom is 0.258 e. The lowest BCUT2D eigenvalue weighted by Crippen LogP contribution is -2.33. The van der Waals surface area contributed by atoms with Gasteiger partial charge in [-0.1, -0.05) is 54.6 Å². The van der Waals surface area contributed by atoms with Crippen LogP contribution in [0.25, 0.3) is 10.9 Å². The summed E-state index contributed by atoms with van der Waals surface area (Å²) < 4.78 is 0. The summed E-state index contributed by atoms with van der Waals surface area (Å²) in [6.07, 6.45) is 0. The monoisotopic (exact) mass is 382 g/mol. The molecule has 4 aromatic rings. The minimum atomic E-state index is -0.181. The molecular formula is C25H22N2O2. The van der Waals surface area contributed by atoms with Crippen LogP contribution in [0, 0.1) is 13.8 Å². The summed E-state index contributed by atoms with van der Waals surface area (Å²) in [5.74, 6) is -0.120. The van der Waals surface area contributed by atoms with E-state index in [2.05, 4.69) is 4.98 Å². The van der Waals surface area contributed by atoms with Crippen molar-refractivity contribution in [2.45, 2.75) is 20.4 Å². The molecule has 0 radical (unpaired) electrons. The van der Waals surface area contributed by atoms with Crippen LogP contribution in [0.2, 0.25) is 0 Å². The van der Waals surface area contributed by atoms with Crippen molar-refractivity contribution in [1.82, 2.24) is 4.98 Å². The molecule has 0 aliphatic rings. The van der Waals surface area contributed by atoms with Gasteiger partial charge in [0.25, 0.3) is 11.5 Å². The third-order valence-corrected chi connectivity index (χ3v) is 5.19. The van der Waals surface area contributed by atoms with E-state index >= 15 is 0 Å². The number of anilines is 1. The first-order chi connectivity index (χ1) is 14.0. The van der Waals surface area contributed by atoms with Crippen molar-refractivity contribution in [2.24, 2.45) is 0 Å². The summed E-state index contributed by atoms with van der Waals surface area (Å²) in [6.45, 7) is 4.09. The molecule has 3 aromatic carbocycles. The molecule has 0 aliphatic heterocycles. The van der Waals surface area contributed by atoms with Crippen LogP contribution < -0.4 is 10.5 Å². The lowest BCUT2D eigenvalue weighted by molar-refractivity contribution is 0.0984. The van der Waals surface area contributed by atoms with E-state index in [1.165, 1.54) is 0 Å². The van der Waals surface area contributed by atoms with Gasteiger partial charge in [0.05, 0.1) is 6.54 Å². The SMILES string of the molecule is Cc1ccccc1C(=O)N(Cc1cc2ccccc2[nH]c1=O)c1ccccc1C. The molecule has 1 heterocycles. The Morgan fingerprint density at radius 1 is 0.862 bits per heavy atom. The Hall–Kier alpha value is -3.66. The van der Waals surface area contributed by atoms with E-state index in [0.717, 1.165) is 27.7 Å². The summed E-state index contributed by atoms with van der Waals surface area (Å²) in [4.78, 5) is 30.8.